The van der Waals surface area contributed by atoms with Gasteiger partial charge in [0.25, 0.3) is 5.91 Å². The quantitative estimate of drug-likeness (QED) is 0.0370. The SMILES string of the molecule is CO[C@@]1(C(=O)OCC(NC(=O)C2CSSCC(NC(=O)C(Cc3ccccc3)NC(=O)C3CCCN3C(=O)C3CCCN3C(=O)C3=CN(C)C=CC3)C(=O)NC(Cc3ccccc3)C(=O)NC(CC3=CNC4C=CC=CC34)C(=O)CNC(CCCCNC(=O)OC(C)(C)C)C(=O)NC(C(C)O)C(=O)N2)C(C)O)CCC2C3CCC4=CC(=O)CCC4C3C(O)CC21C.[2HH].[2HH]. The largest absolute Gasteiger partial charge is 0.461 e. The van der Waals surface area contributed by atoms with E-state index in [1.165, 1.54) is 25.9 Å². The molecule has 5 aliphatic carbocycles. The molecule has 20 unspecified atom stereocenters. The number of allylic oxidation sites excluding steroid dienone is 4. The van der Waals surface area contributed by atoms with Gasteiger partial charge in [0, 0.05) is 90.5 Å². The molecule has 0 aromatic heterocycles. The summed E-state index contributed by atoms with van der Waals surface area (Å²) >= 11 is 0. The molecule has 0 radical (unpaired) electrons. The first-order valence-electron chi connectivity index (χ1n) is 44.4. The van der Waals surface area contributed by atoms with Crippen molar-refractivity contribution in [2.75, 3.05) is 58.4 Å². The number of unbranched alkanes of at least 4 members (excludes halogenated alkanes) is 1. The number of esters is 1. The van der Waals surface area contributed by atoms with Crippen molar-refractivity contribution in [3.05, 3.63) is 144 Å². The van der Waals surface area contributed by atoms with Crippen LogP contribution in [0.25, 0.3) is 0 Å². The minimum Gasteiger partial charge on any atom is -0.461 e. The molecule has 21 atom stereocenters. The zero-order valence-electron chi connectivity index (χ0n) is 73.1. The van der Waals surface area contributed by atoms with Crippen LogP contribution in [0, 0.1) is 35.0 Å². The van der Waals surface area contributed by atoms with Crippen LogP contribution in [-0.4, -0.2) is 261 Å². The number of alkyl carbamates (subject to hydrolysis) is 1. The molecule has 6 fully saturated rings. The highest BCUT2D eigenvalue weighted by atomic mass is 33.1. The Morgan fingerprint density at radius 3 is 2.17 bits per heavy atom. The number of fused-ring (bicyclic) bond motifs is 6. The van der Waals surface area contributed by atoms with Crippen LogP contribution in [0.4, 0.5) is 4.79 Å². The molecule has 12 rings (SSSR count). The maximum atomic E-state index is 15.8. The first kappa shape index (κ1) is 95.4. The van der Waals surface area contributed by atoms with Gasteiger partial charge in [-0.3, -0.25) is 58.1 Å². The van der Waals surface area contributed by atoms with Crippen molar-refractivity contribution in [2.24, 2.45) is 35.0 Å². The normalized spacial score (nSPS) is 30.6. The molecule has 5 aliphatic heterocycles. The van der Waals surface area contributed by atoms with Crippen LogP contribution in [0.15, 0.2) is 132 Å². The zero-order valence-corrected chi connectivity index (χ0v) is 74.8. The smallest absolute Gasteiger partial charge is 0.407 e. The van der Waals surface area contributed by atoms with E-state index in [0.717, 1.165) is 32.7 Å². The lowest BCUT2D eigenvalue weighted by Crippen LogP contribution is -2.62. The van der Waals surface area contributed by atoms with Gasteiger partial charge in [0.1, 0.15) is 54.5 Å². The van der Waals surface area contributed by atoms with Crippen LogP contribution in [0.5, 0.6) is 0 Å². The third-order valence-electron chi connectivity index (χ3n) is 26.6. The van der Waals surface area contributed by atoms with Crippen LogP contribution < -0.4 is 53.2 Å². The number of ketones is 2. The molecule has 126 heavy (non-hydrogen) atoms. The Hall–Kier alpha value is -9.71. The zero-order chi connectivity index (χ0) is 90.3. The minimum atomic E-state index is -1.82. The average molecular weight is 1790 g/mol. The number of rotatable bonds is 25. The number of methoxy groups -OCH3 is 1. The van der Waals surface area contributed by atoms with Crippen LogP contribution in [0.1, 0.15) is 158 Å². The van der Waals surface area contributed by atoms with Crippen LogP contribution in [0.3, 0.4) is 0 Å². The highest BCUT2D eigenvalue weighted by Gasteiger charge is 2.69. The van der Waals surface area contributed by atoms with E-state index in [1.54, 1.807) is 117 Å². The number of carbonyl (C=O) groups is 13. The summed E-state index contributed by atoms with van der Waals surface area (Å²) in [4.78, 5) is 197. The van der Waals surface area contributed by atoms with E-state index in [4.69, 9.17) is 14.2 Å². The Bertz CT molecular complexity index is 4530. The molecule has 688 valence electrons. The second-order valence-electron chi connectivity index (χ2n) is 36.4. The standard InChI is InChI=1S/C92H125N13O19S2.2H2/c1-53(106)70(50-123-88(120)92(122-8)37-36-64-63-34-32-57-44-60(108)33-35-62(57)77(63)75(109)46-91(64,92)6)99-83(115)72-52-126-125-51-71(100-81(113)69(43-56-24-13-10-14-25-56)98-84(116)73-30-20-40-104(73)87(119)74-31-21-41-105(74)86(118)58-26-19-39-103(7)49-58)82(114)97-68(42-55-22-11-9-12-23-55)80(112)96-67(45-59-47-94-65-28-16-15-27-61(59)65)76(110)48-95-66(79(111)102-78(54(2)107)85(117)101-72)29-17-18-38-93-89(121)124-90(3,4)5;;/h9-16,19,22-25,27-28,39,44,47,49,53-54,61-75,77-78,94-95,106-107,109H,17-18,20-21,26,29-38,40-43,45-46,48,50-52H2,1-8H3,(H,93,121)(H,96,112)(H,97,114)(H,98,116)(H,99,115)(H,100,113)(H,101,117)(H,102,111);2*1H/t53?,54?,61?,62?,63?,64?,65?,66?,67?,68?,69?,70?,71?,72?,73?,74?,75?,77?,78?,91?,92-;;/m1../s1/i;2*1+1. The van der Waals surface area contributed by atoms with Crippen LogP contribution in [0.2, 0.25) is 0 Å². The number of likely N-dealkylation sites (tertiary alicyclic amines) is 2. The summed E-state index contributed by atoms with van der Waals surface area (Å²) in [7, 11) is 5.09. The molecule has 2 aromatic rings. The van der Waals surface area contributed by atoms with E-state index in [9.17, 15) is 34.5 Å². The molecular weight excluding hydrogens is 1660 g/mol. The number of nitrogens with one attached hydrogen (secondary N) is 10. The van der Waals surface area contributed by atoms with Crippen molar-refractivity contribution in [1.29, 1.82) is 0 Å². The molecule has 3 saturated heterocycles. The third kappa shape index (κ3) is 23.2. The number of hydrogen-bond donors (Lipinski definition) is 13. The van der Waals surface area contributed by atoms with E-state index in [-0.39, 0.29) is 120 Å². The Balaban J connectivity index is 0.00000853. The fourth-order valence-electron chi connectivity index (χ4n) is 20.1. The third-order valence-corrected chi connectivity index (χ3v) is 29.1. The van der Waals surface area contributed by atoms with Gasteiger partial charge < -0.3 is 92.1 Å². The first-order valence-corrected chi connectivity index (χ1v) is 46.9. The number of benzene rings is 2. The second kappa shape index (κ2) is 42.9. The highest BCUT2D eigenvalue weighted by molar-refractivity contribution is 8.76. The molecule has 32 nitrogen and oxygen atoms in total. The lowest BCUT2D eigenvalue weighted by Gasteiger charge is -2.57. The van der Waals surface area contributed by atoms with Crippen LogP contribution in [-0.2, 0) is 84.6 Å². The number of ether oxygens (including phenoxy) is 3. The Morgan fingerprint density at radius 1 is 0.754 bits per heavy atom. The number of aliphatic hydroxyl groups is 3. The number of nitrogens with zero attached hydrogens (tertiary/aromatic N) is 3. The topological polar surface area (TPSA) is 440 Å². The van der Waals surface area contributed by atoms with Gasteiger partial charge in [-0.05, 0) is 190 Å². The maximum absolute atomic E-state index is 15.8. The monoisotopic (exact) mass is 1790 g/mol. The van der Waals surface area contributed by atoms with Crippen molar-refractivity contribution in [3.63, 3.8) is 0 Å². The van der Waals surface area contributed by atoms with Gasteiger partial charge >= 0.3 is 12.1 Å². The summed E-state index contributed by atoms with van der Waals surface area (Å²) in [5, 5.41) is 64.2. The van der Waals surface area contributed by atoms with E-state index in [1.807, 2.05) is 43.5 Å². The summed E-state index contributed by atoms with van der Waals surface area (Å²) in [6.07, 6.45) is 17.6. The average Bonchev–Trinajstić information content (AvgIpc) is 1.51. The number of Topliss-reactive ketones (excluding diaryl/α,β-unsaturated/α-hetero) is 1. The predicted octanol–water partition coefficient (Wildman–Crippen LogP) is 4.48. The maximum Gasteiger partial charge on any atom is 0.407 e. The Kier molecular flexibility index (Phi) is 32.5. The molecule has 5 heterocycles. The van der Waals surface area contributed by atoms with Gasteiger partial charge in [-0.1, -0.05) is 125 Å². The number of amides is 10. The van der Waals surface area contributed by atoms with Gasteiger partial charge in [0.05, 0.1) is 49.0 Å². The van der Waals surface area contributed by atoms with Gasteiger partial charge in [0.15, 0.2) is 17.2 Å². The van der Waals surface area contributed by atoms with E-state index in [0.29, 0.717) is 87.5 Å². The van der Waals surface area contributed by atoms with E-state index in [2.05, 4.69) is 53.2 Å². The van der Waals surface area contributed by atoms with Gasteiger partial charge in [-0.15, -0.1) is 0 Å². The number of carbonyl (C=O) groups excluding carboxylic acids is 13. The summed E-state index contributed by atoms with van der Waals surface area (Å²) in [5.41, 5.74) is 0.175. The molecule has 10 aliphatic rings. The molecule has 2 aromatic carbocycles. The predicted molar refractivity (Wildman–Crippen MR) is 476 cm³/mol. The molecule has 0 spiro atoms. The lowest BCUT2D eigenvalue weighted by molar-refractivity contribution is -0.203. The summed E-state index contributed by atoms with van der Waals surface area (Å²) in [5.74, 6) is -9.32. The van der Waals surface area contributed by atoms with Gasteiger partial charge in [-0.25, -0.2) is 9.59 Å². The van der Waals surface area contributed by atoms with E-state index >= 15 is 43.2 Å². The van der Waals surface area contributed by atoms with Crippen molar-refractivity contribution in [3.8, 4) is 0 Å². The summed E-state index contributed by atoms with van der Waals surface area (Å²) in [6.45, 7) is 9.11. The van der Waals surface area contributed by atoms with Crippen molar-refractivity contribution < 1.29 is 94.7 Å². The number of aliphatic hydroxyl groups excluding tert-OH is 3. The molecular formula is C92H129N13O19S2. The molecule has 0 bridgehead atoms. The Labute approximate surface area is 747 Å². The van der Waals surface area contributed by atoms with Crippen molar-refractivity contribution in [2.45, 2.75) is 253 Å². The fourth-order valence-corrected chi connectivity index (χ4v) is 22.4. The molecule has 10 amide bonds. The van der Waals surface area contributed by atoms with E-state index < -0.39 is 179 Å². The fraction of sp³-hybridized carbons (Fsp3) is 0.598. The number of hydrogen-bond acceptors (Lipinski definition) is 24. The van der Waals surface area contributed by atoms with Gasteiger partial charge in [0.2, 0.25) is 47.3 Å². The van der Waals surface area contributed by atoms with Crippen molar-refractivity contribution >= 4 is 98.4 Å². The van der Waals surface area contributed by atoms with Gasteiger partial charge in [-0.2, -0.15) is 0 Å². The summed E-state index contributed by atoms with van der Waals surface area (Å²) < 4.78 is 17.8. The molecule has 3 saturated carbocycles. The minimum absolute atomic E-state index is 0. The molecule has 34 heteroatoms. The molecule has 13 N–H and O–H groups in total. The van der Waals surface area contributed by atoms with Crippen LogP contribution >= 0.6 is 21.6 Å². The lowest BCUT2D eigenvalue weighted by atomic mass is 9.49. The van der Waals surface area contributed by atoms with Crippen molar-refractivity contribution in [1.82, 2.24) is 67.9 Å². The first-order chi connectivity index (χ1) is 60.2. The second-order valence-corrected chi connectivity index (χ2v) is 39.0. The highest BCUT2D eigenvalue weighted by Crippen LogP contribution is 2.66. The Morgan fingerprint density at radius 2 is 1.45 bits per heavy atom. The summed E-state index contributed by atoms with van der Waals surface area (Å²) in [6, 6.07) is 3.35.